The van der Waals surface area contributed by atoms with Crippen LogP contribution in [0.2, 0.25) is 0 Å². The van der Waals surface area contributed by atoms with Crippen molar-refractivity contribution in [1.29, 1.82) is 0 Å². The van der Waals surface area contributed by atoms with E-state index in [2.05, 4.69) is 53.1 Å². The van der Waals surface area contributed by atoms with E-state index < -0.39 is 11.7 Å². The van der Waals surface area contributed by atoms with E-state index >= 15 is 0 Å². The van der Waals surface area contributed by atoms with E-state index in [0.717, 1.165) is 41.8 Å². The number of fused-ring (bicyclic) bond motifs is 6. The third-order valence-electron chi connectivity index (χ3n) is 9.32. The molecule has 4 aromatic rings. The van der Waals surface area contributed by atoms with Gasteiger partial charge in [0.15, 0.2) is 0 Å². The van der Waals surface area contributed by atoms with Gasteiger partial charge in [-0.15, -0.1) is 0 Å². The van der Waals surface area contributed by atoms with Gasteiger partial charge < -0.3 is 10.6 Å². The Labute approximate surface area is 235 Å². The van der Waals surface area contributed by atoms with Crippen LogP contribution in [0.15, 0.2) is 78.9 Å². The average Bonchev–Trinajstić information content (AvgIpc) is 2.96. The molecule has 2 aliphatic carbocycles. The molecule has 2 saturated carbocycles. The molecule has 4 aliphatic heterocycles. The second-order valence-electron chi connectivity index (χ2n) is 11.7. The van der Waals surface area contributed by atoms with Crippen LogP contribution in [0.1, 0.15) is 80.9 Å². The lowest BCUT2D eigenvalue weighted by Gasteiger charge is -2.47. The SMILES string of the molecule is CC.FC(F)(F)c1ccc(C2CC3CC(C2)N3)c2ccccc12.c1ccc2c(C3CC4CC(C3)N4)cccc2c1. The maximum absolute atomic E-state index is 13.2. The molecule has 2 nitrogen and oxygen atoms in total. The van der Waals surface area contributed by atoms with E-state index in [4.69, 9.17) is 0 Å². The lowest BCUT2D eigenvalue weighted by Crippen LogP contribution is -2.57. The van der Waals surface area contributed by atoms with Crippen LogP contribution in [0.3, 0.4) is 0 Å². The first kappa shape index (κ1) is 27.3. The van der Waals surface area contributed by atoms with Crippen molar-refractivity contribution in [3.63, 3.8) is 0 Å². The summed E-state index contributed by atoms with van der Waals surface area (Å²) in [4.78, 5) is 0. The fourth-order valence-electron chi connectivity index (χ4n) is 7.57. The first-order valence-corrected chi connectivity index (χ1v) is 15.0. The highest BCUT2D eigenvalue weighted by Crippen LogP contribution is 2.44. The summed E-state index contributed by atoms with van der Waals surface area (Å²) in [6.07, 6.45) is 3.04. The van der Waals surface area contributed by atoms with Gasteiger partial charge in [0.1, 0.15) is 0 Å². The number of alkyl halides is 3. The average molecular weight is 545 g/mol. The smallest absolute Gasteiger partial charge is 0.311 e. The summed E-state index contributed by atoms with van der Waals surface area (Å²) in [5.74, 6) is 1.15. The van der Waals surface area contributed by atoms with E-state index in [9.17, 15) is 13.2 Å². The molecular formula is C35H39F3N2. The molecule has 0 amide bonds. The van der Waals surface area contributed by atoms with Crippen LogP contribution >= 0.6 is 0 Å². The van der Waals surface area contributed by atoms with Crippen molar-refractivity contribution in [1.82, 2.24) is 10.6 Å². The summed E-state index contributed by atoms with van der Waals surface area (Å²) in [6.45, 7) is 4.00. The number of rotatable bonds is 2. The number of halogens is 3. The minimum Gasteiger partial charge on any atom is -0.311 e. The molecule has 2 N–H and O–H groups in total. The Morgan fingerprint density at radius 1 is 0.525 bits per heavy atom. The standard InChI is InChI=1S/C17H16F3N.C16H17N.C2H6/c18-17(19,20)16-6-5-13(14-3-1-2-4-15(14)16)10-7-11-9-12(8-10)21-11;1-2-6-15-11(4-1)5-3-7-16(15)12-8-13-10-14(9-12)17-13;1-2/h1-6,10-12,21H,7-9H2;1-7,12-14,17H,8-10H2;1-2H3. The van der Waals surface area contributed by atoms with E-state index in [-0.39, 0.29) is 0 Å². The second kappa shape index (κ2) is 11.2. The number of hydrogen-bond acceptors (Lipinski definition) is 2. The third kappa shape index (κ3) is 5.26. The Kier molecular flexibility index (Phi) is 7.62. The molecule has 40 heavy (non-hydrogen) atoms. The number of piperidine rings is 2. The van der Waals surface area contributed by atoms with Gasteiger partial charge in [-0.25, -0.2) is 0 Å². The quantitative estimate of drug-likeness (QED) is 0.263. The summed E-state index contributed by atoms with van der Waals surface area (Å²) in [6, 6.07) is 28.1. The summed E-state index contributed by atoms with van der Waals surface area (Å²) >= 11 is 0. The molecule has 4 atom stereocenters. The topological polar surface area (TPSA) is 24.1 Å². The molecule has 4 heterocycles. The molecule has 4 saturated heterocycles. The van der Waals surface area contributed by atoms with Crippen LogP contribution in [-0.4, -0.2) is 24.2 Å². The lowest BCUT2D eigenvalue weighted by molar-refractivity contribution is -0.136. The van der Waals surface area contributed by atoms with Crippen LogP contribution in [0.25, 0.3) is 21.5 Å². The number of benzene rings is 4. The minimum absolute atomic E-state index is 0.328. The fraction of sp³-hybridized carbons (Fsp3) is 0.429. The molecule has 4 aromatic carbocycles. The molecule has 4 unspecified atom stereocenters. The molecule has 4 bridgehead atoms. The van der Waals surface area contributed by atoms with E-state index in [0.29, 0.717) is 23.4 Å². The summed E-state index contributed by atoms with van der Waals surface area (Å²) in [7, 11) is 0. The highest BCUT2D eigenvalue weighted by Gasteiger charge is 2.40. The van der Waals surface area contributed by atoms with Gasteiger partial charge in [0.05, 0.1) is 5.56 Å². The first-order chi connectivity index (χ1) is 19.4. The molecule has 0 aromatic heterocycles. The maximum Gasteiger partial charge on any atom is 0.417 e. The number of nitrogens with one attached hydrogen (secondary N) is 2. The van der Waals surface area contributed by atoms with Gasteiger partial charge >= 0.3 is 6.18 Å². The fourth-order valence-corrected chi connectivity index (χ4v) is 7.57. The molecule has 6 fully saturated rings. The van der Waals surface area contributed by atoms with Crippen molar-refractivity contribution in [3.8, 4) is 0 Å². The van der Waals surface area contributed by atoms with Crippen LogP contribution in [0.4, 0.5) is 13.2 Å². The van der Waals surface area contributed by atoms with Gasteiger partial charge in [-0.3, -0.25) is 0 Å². The highest BCUT2D eigenvalue weighted by atomic mass is 19.4. The van der Waals surface area contributed by atoms with Crippen molar-refractivity contribution in [2.24, 2.45) is 0 Å². The van der Waals surface area contributed by atoms with Crippen molar-refractivity contribution in [2.75, 3.05) is 0 Å². The van der Waals surface area contributed by atoms with Crippen molar-refractivity contribution < 1.29 is 13.2 Å². The van der Waals surface area contributed by atoms with Crippen molar-refractivity contribution in [2.45, 2.75) is 94.6 Å². The van der Waals surface area contributed by atoms with Gasteiger partial charge in [0, 0.05) is 24.2 Å². The van der Waals surface area contributed by atoms with Crippen LogP contribution in [-0.2, 0) is 6.18 Å². The van der Waals surface area contributed by atoms with Crippen molar-refractivity contribution in [3.05, 3.63) is 95.6 Å². The van der Waals surface area contributed by atoms with Gasteiger partial charge in [0.2, 0.25) is 0 Å². The van der Waals surface area contributed by atoms with Crippen LogP contribution in [0.5, 0.6) is 0 Å². The summed E-state index contributed by atoms with van der Waals surface area (Å²) < 4.78 is 39.5. The molecule has 210 valence electrons. The Hall–Kier alpha value is -2.89. The van der Waals surface area contributed by atoms with Gasteiger partial charge in [-0.1, -0.05) is 86.6 Å². The zero-order chi connectivity index (χ0) is 27.9. The van der Waals surface area contributed by atoms with Gasteiger partial charge in [-0.2, -0.15) is 13.2 Å². The molecule has 0 spiro atoms. The Morgan fingerprint density at radius 3 is 1.52 bits per heavy atom. The molecule has 5 heteroatoms. The van der Waals surface area contributed by atoms with Crippen molar-refractivity contribution >= 4 is 21.5 Å². The van der Waals surface area contributed by atoms with Crippen LogP contribution < -0.4 is 10.6 Å². The molecule has 0 radical (unpaired) electrons. The first-order valence-electron chi connectivity index (χ1n) is 15.0. The zero-order valence-electron chi connectivity index (χ0n) is 23.3. The highest BCUT2D eigenvalue weighted by molar-refractivity contribution is 5.89. The molecule has 10 rings (SSSR count). The largest absolute Gasteiger partial charge is 0.417 e. The molecule has 6 aliphatic rings. The monoisotopic (exact) mass is 544 g/mol. The predicted octanol–water partition coefficient (Wildman–Crippen LogP) is 8.94. The third-order valence-corrected chi connectivity index (χ3v) is 9.32. The summed E-state index contributed by atoms with van der Waals surface area (Å²) in [5, 5.41) is 11.0. The minimum atomic E-state index is -4.30. The van der Waals surface area contributed by atoms with E-state index in [1.165, 1.54) is 42.5 Å². The van der Waals surface area contributed by atoms with E-state index in [1.807, 2.05) is 26.0 Å². The normalized spacial score (nSPS) is 28.3. The number of hydrogen-bond donors (Lipinski definition) is 2. The van der Waals surface area contributed by atoms with E-state index in [1.54, 1.807) is 23.8 Å². The Morgan fingerprint density at radius 2 is 0.975 bits per heavy atom. The van der Waals surface area contributed by atoms with Gasteiger partial charge in [-0.05, 0) is 89.1 Å². The summed E-state index contributed by atoms with van der Waals surface area (Å²) in [5.41, 5.74) is 2.12. The second-order valence-corrected chi connectivity index (χ2v) is 11.7. The lowest BCUT2D eigenvalue weighted by atomic mass is 9.72. The van der Waals surface area contributed by atoms with Gasteiger partial charge in [0.25, 0.3) is 0 Å². The van der Waals surface area contributed by atoms with Crippen LogP contribution in [0, 0.1) is 0 Å². The Balaban J connectivity index is 0.000000139. The maximum atomic E-state index is 13.2. The zero-order valence-corrected chi connectivity index (χ0v) is 23.3. The Bertz CT molecular complexity index is 1440. The predicted molar refractivity (Wildman–Crippen MR) is 159 cm³/mol. The molecular weight excluding hydrogens is 505 g/mol.